The molecule has 1 aromatic rings. The van der Waals surface area contributed by atoms with Gasteiger partial charge in [0.05, 0.1) is 16.3 Å². The molecule has 1 aliphatic carbocycles. The van der Waals surface area contributed by atoms with Crippen molar-refractivity contribution in [3.63, 3.8) is 0 Å². The van der Waals surface area contributed by atoms with Crippen molar-refractivity contribution in [2.45, 2.75) is 81.2 Å². The molecule has 2 amide bonds. The average molecular weight is 477 g/mol. The minimum absolute atomic E-state index is 0.0852. The van der Waals surface area contributed by atoms with Gasteiger partial charge in [-0.1, -0.05) is 32.1 Å². The van der Waals surface area contributed by atoms with E-state index in [1.807, 2.05) is 0 Å². The van der Waals surface area contributed by atoms with Gasteiger partial charge in [0.1, 0.15) is 12.6 Å². The molecule has 1 unspecified atom stereocenters. The van der Waals surface area contributed by atoms with Crippen molar-refractivity contribution in [1.82, 2.24) is 9.62 Å². The van der Waals surface area contributed by atoms with Gasteiger partial charge in [0.2, 0.25) is 21.8 Å². The molecule has 2 aliphatic heterocycles. The second kappa shape index (κ2) is 10.0. The van der Waals surface area contributed by atoms with Crippen LogP contribution in [0.5, 0.6) is 0 Å². The highest BCUT2D eigenvalue weighted by Crippen LogP contribution is 2.40. The number of fused-ring (bicyclic) bond motifs is 3. The molecule has 1 atom stereocenters. The van der Waals surface area contributed by atoms with E-state index in [-0.39, 0.29) is 35.3 Å². The Bertz CT molecular complexity index is 986. The van der Waals surface area contributed by atoms with Crippen LogP contribution in [0.1, 0.15) is 64.2 Å². The molecule has 33 heavy (non-hydrogen) atoms. The highest BCUT2D eigenvalue weighted by atomic mass is 32.2. The monoisotopic (exact) mass is 476 g/mol. The van der Waals surface area contributed by atoms with Crippen LogP contribution >= 0.6 is 0 Å². The molecule has 9 heteroatoms. The van der Waals surface area contributed by atoms with Gasteiger partial charge in [0.15, 0.2) is 0 Å². The topological polar surface area (TPSA) is 90.0 Å². The maximum atomic E-state index is 13.5. The first-order valence-corrected chi connectivity index (χ1v) is 13.7. The molecule has 182 valence electrons. The van der Waals surface area contributed by atoms with E-state index in [4.69, 9.17) is 0 Å². The molecule has 2 heterocycles. The molecule has 0 radical (unpaired) electrons. The van der Waals surface area contributed by atoms with E-state index in [1.165, 1.54) is 38.3 Å². The highest BCUT2D eigenvalue weighted by Gasteiger charge is 2.40. The van der Waals surface area contributed by atoms with E-state index in [2.05, 4.69) is 10.2 Å². The summed E-state index contributed by atoms with van der Waals surface area (Å²) < 4.78 is 26.7. The molecule has 2 fully saturated rings. The van der Waals surface area contributed by atoms with Gasteiger partial charge < -0.3 is 10.2 Å². The van der Waals surface area contributed by atoms with Gasteiger partial charge in [-0.3, -0.25) is 14.5 Å². The SMILES string of the molecule is CN(C)S(=O)(=O)c1ccc2c(c1)N(CC(=O)NC1CCCCCCC1)C(=O)C1CCCCN21. The first-order chi connectivity index (χ1) is 15.8. The van der Waals surface area contributed by atoms with Crippen molar-refractivity contribution < 1.29 is 18.0 Å². The summed E-state index contributed by atoms with van der Waals surface area (Å²) in [6.07, 6.45) is 10.5. The van der Waals surface area contributed by atoms with Crippen molar-refractivity contribution >= 4 is 33.2 Å². The Hall–Kier alpha value is -2.13. The number of amides is 2. The number of nitrogens with one attached hydrogen (secondary N) is 1. The Labute approximate surface area is 197 Å². The van der Waals surface area contributed by atoms with Crippen LogP contribution in [0.25, 0.3) is 0 Å². The average Bonchev–Trinajstić information content (AvgIpc) is 2.78. The molecule has 1 saturated carbocycles. The number of sulfonamides is 1. The largest absolute Gasteiger partial charge is 0.358 e. The third-order valence-corrected chi connectivity index (χ3v) is 8.96. The Balaban J connectivity index is 1.62. The number of piperidine rings is 1. The van der Waals surface area contributed by atoms with E-state index in [0.29, 0.717) is 5.69 Å². The summed E-state index contributed by atoms with van der Waals surface area (Å²) in [6.45, 7) is 0.670. The van der Waals surface area contributed by atoms with E-state index < -0.39 is 10.0 Å². The number of anilines is 2. The molecule has 3 aliphatic rings. The number of carbonyl (C=O) groups is 2. The first kappa shape index (κ1) is 24.0. The standard InChI is InChI=1S/C24H36N4O4S/c1-26(2)33(31,32)19-13-14-20-22(16-19)28(24(30)21-12-8-9-15-27(20)21)17-23(29)25-18-10-6-4-3-5-7-11-18/h13-14,16,18,21H,3-12,15,17H2,1-2H3,(H,25,29). The molecule has 4 rings (SSSR count). The van der Waals surface area contributed by atoms with E-state index in [0.717, 1.165) is 61.5 Å². The van der Waals surface area contributed by atoms with Crippen LogP contribution in [-0.2, 0) is 19.6 Å². The molecule has 1 saturated heterocycles. The van der Waals surface area contributed by atoms with Crippen LogP contribution in [0.3, 0.4) is 0 Å². The molecule has 0 bridgehead atoms. The van der Waals surface area contributed by atoms with Gasteiger partial charge in [0.25, 0.3) is 0 Å². The van der Waals surface area contributed by atoms with Gasteiger partial charge in [-0.15, -0.1) is 0 Å². The lowest BCUT2D eigenvalue weighted by Crippen LogP contribution is -2.57. The van der Waals surface area contributed by atoms with Crippen LogP contribution < -0.4 is 15.1 Å². The van der Waals surface area contributed by atoms with Crippen molar-refractivity contribution in [2.75, 3.05) is 37.0 Å². The van der Waals surface area contributed by atoms with Crippen LogP contribution in [0.4, 0.5) is 11.4 Å². The van der Waals surface area contributed by atoms with Crippen molar-refractivity contribution in [2.24, 2.45) is 0 Å². The van der Waals surface area contributed by atoms with Crippen molar-refractivity contribution in [3.05, 3.63) is 18.2 Å². The summed E-state index contributed by atoms with van der Waals surface area (Å²) in [7, 11) is -0.689. The fourth-order valence-corrected chi connectivity index (χ4v) is 6.21. The summed E-state index contributed by atoms with van der Waals surface area (Å²) in [5.74, 6) is -0.292. The van der Waals surface area contributed by atoms with E-state index >= 15 is 0 Å². The summed E-state index contributed by atoms with van der Waals surface area (Å²) in [4.78, 5) is 30.2. The third-order valence-electron chi connectivity index (χ3n) is 7.15. The van der Waals surface area contributed by atoms with Crippen molar-refractivity contribution in [1.29, 1.82) is 0 Å². The number of carbonyl (C=O) groups excluding carboxylic acids is 2. The smallest absolute Gasteiger partial charge is 0.250 e. The normalized spacial score (nSPS) is 22.4. The van der Waals surface area contributed by atoms with E-state index in [1.54, 1.807) is 18.2 Å². The summed E-state index contributed by atoms with van der Waals surface area (Å²) >= 11 is 0. The fraction of sp³-hybridized carbons (Fsp3) is 0.667. The number of hydrogen-bond acceptors (Lipinski definition) is 5. The summed E-state index contributed by atoms with van der Waals surface area (Å²) in [6, 6.07) is 4.79. The van der Waals surface area contributed by atoms with Gasteiger partial charge in [0, 0.05) is 26.7 Å². The molecular weight excluding hydrogens is 440 g/mol. The van der Waals surface area contributed by atoms with Gasteiger partial charge in [-0.05, 0) is 50.3 Å². The Morgan fingerprint density at radius 3 is 2.36 bits per heavy atom. The predicted molar refractivity (Wildman–Crippen MR) is 129 cm³/mol. The van der Waals surface area contributed by atoms with Crippen LogP contribution in [0, 0.1) is 0 Å². The zero-order valence-corrected chi connectivity index (χ0v) is 20.6. The molecule has 8 nitrogen and oxygen atoms in total. The maximum Gasteiger partial charge on any atom is 0.250 e. The number of nitrogens with zero attached hydrogens (tertiary/aromatic N) is 3. The lowest BCUT2D eigenvalue weighted by atomic mass is 9.95. The Kier molecular flexibility index (Phi) is 7.28. The second-order valence-electron chi connectivity index (χ2n) is 9.68. The summed E-state index contributed by atoms with van der Waals surface area (Å²) in [5.41, 5.74) is 1.34. The zero-order chi connectivity index (χ0) is 23.6. The highest BCUT2D eigenvalue weighted by molar-refractivity contribution is 7.89. The number of hydrogen-bond donors (Lipinski definition) is 1. The van der Waals surface area contributed by atoms with Crippen LogP contribution in [-0.4, -0.2) is 63.8 Å². The fourth-order valence-electron chi connectivity index (χ4n) is 5.29. The lowest BCUT2D eigenvalue weighted by Gasteiger charge is -2.45. The number of benzene rings is 1. The quantitative estimate of drug-likeness (QED) is 0.706. The van der Waals surface area contributed by atoms with Gasteiger partial charge >= 0.3 is 0 Å². The maximum absolute atomic E-state index is 13.5. The molecule has 1 N–H and O–H groups in total. The zero-order valence-electron chi connectivity index (χ0n) is 19.8. The minimum Gasteiger partial charge on any atom is -0.358 e. The Morgan fingerprint density at radius 2 is 1.67 bits per heavy atom. The van der Waals surface area contributed by atoms with Gasteiger partial charge in [-0.2, -0.15) is 0 Å². The summed E-state index contributed by atoms with van der Waals surface area (Å²) in [5, 5.41) is 3.15. The predicted octanol–water partition coefficient (Wildman–Crippen LogP) is 2.87. The lowest BCUT2D eigenvalue weighted by molar-refractivity contribution is -0.125. The molecule has 0 aromatic heterocycles. The first-order valence-electron chi connectivity index (χ1n) is 12.2. The van der Waals surface area contributed by atoms with Crippen LogP contribution in [0.2, 0.25) is 0 Å². The van der Waals surface area contributed by atoms with E-state index in [9.17, 15) is 18.0 Å². The molecule has 0 spiro atoms. The second-order valence-corrected chi connectivity index (χ2v) is 11.8. The third kappa shape index (κ3) is 5.04. The van der Waals surface area contributed by atoms with Gasteiger partial charge in [-0.25, -0.2) is 12.7 Å². The molecular formula is C24H36N4O4S. The molecule has 1 aromatic carbocycles. The minimum atomic E-state index is -3.66. The number of rotatable bonds is 5. The van der Waals surface area contributed by atoms with Crippen molar-refractivity contribution in [3.8, 4) is 0 Å². The Morgan fingerprint density at radius 1 is 1.00 bits per heavy atom. The van der Waals surface area contributed by atoms with Crippen LogP contribution in [0.15, 0.2) is 23.1 Å².